The Labute approximate surface area is 125 Å². The highest BCUT2D eigenvalue weighted by molar-refractivity contribution is 6.04. The molecule has 0 saturated heterocycles. The van der Waals surface area contributed by atoms with Gasteiger partial charge in [0.05, 0.1) is 0 Å². The molecule has 0 aliphatic heterocycles. The number of hydrogen-bond donors (Lipinski definition) is 2. The fourth-order valence-electron chi connectivity index (χ4n) is 2.85. The molecular formula is C17H21N3O. The number of carbonyl (C=O) groups excluding carboxylic acids is 1. The van der Waals surface area contributed by atoms with Crippen LogP contribution in [0.15, 0.2) is 18.2 Å². The monoisotopic (exact) mass is 283 g/mol. The lowest BCUT2D eigenvalue weighted by Crippen LogP contribution is -2.14. The molecule has 4 heteroatoms. The van der Waals surface area contributed by atoms with Crippen molar-refractivity contribution in [2.45, 2.75) is 46.0 Å². The maximum Gasteiger partial charge on any atom is 0.276 e. The lowest BCUT2D eigenvalue weighted by molar-refractivity contribution is 0.102. The molecule has 110 valence electrons. The van der Waals surface area contributed by atoms with Gasteiger partial charge in [-0.25, -0.2) is 0 Å². The lowest BCUT2D eigenvalue weighted by atomic mass is 10.1. The number of nitrogens with zero attached hydrogens (tertiary/aromatic N) is 1. The van der Waals surface area contributed by atoms with Crippen LogP contribution in [-0.2, 0) is 12.8 Å². The van der Waals surface area contributed by atoms with Crippen molar-refractivity contribution in [2.24, 2.45) is 0 Å². The second kappa shape index (κ2) is 5.72. The van der Waals surface area contributed by atoms with Crippen molar-refractivity contribution in [1.82, 2.24) is 10.2 Å². The Bertz CT molecular complexity index is 673. The third-order valence-corrected chi connectivity index (χ3v) is 4.29. The van der Waals surface area contributed by atoms with Gasteiger partial charge in [0.25, 0.3) is 5.91 Å². The average Bonchev–Trinajstić information content (AvgIpc) is 2.72. The van der Waals surface area contributed by atoms with Gasteiger partial charge in [-0.1, -0.05) is 12.5 Å². The van der Waals surface area contributed by atoms with Gasteiger partial charge in [0, 0.05) is 16.9 Å². The topological polar surface area (TPSA) is 57.8 Å². The van der Waals surface area contributed by atoms with Crippen LogP contribution in [-0.4, -0.2) is 16.1 Å². The minimum atomic E-state index is -0.113. The summed E-state index contributed by atoms with van der Waals surface area (Å²) >= 11 is 0. The van der Waals surface area contributed by atoms with E-state index in [2.05, 4.69) is 22.4 Å². The molecular weight excluding hydrogens is 262 g/mol. The minimum Gasteiger partial charge on any atom is -0.321 e. The molecule has 0 atom stereocenters. The summed E-state index contributed by atoms with van der Waals surface area (Å²) in [4.78, 5) is 12.5. The fourth-order valence-corrected chi connectivity index (χ4v) is 2.85. The molecule has 1 aliphatic rings. The van der Waals surface area contributed by atoms with Crippen LogP contribution in [0.1, 0.15) is 52.1 Å². The van der Waals surface area contributed by atoms with Crippen LogP contribution in [0.3, 0.4) is 0 Å². The number of amides is 1. The lowest BCUT2D eigenvalue weighted by Gasteiger charge is -2.07. The summed E-state index contributed by atoms with van der Waals surface area (Å²) in [5.74, 6) is -0.113. The maximum absolute atomic E-state index is 12.5. The molecule has 0 unspecified atom stereocenters. The number of aromatic nitrogens is 2. The van der Waals surface area contributed by atoms with E-state index in [0.29, 0.717) is 5.69 Å². The van der Waals surface area contributed by atoms with Crippen molar-refractivity contribution in [2.75, 3.05) is 5.32 Å². The number of aryl methyl sites for hydroxylation is 3. The van der Waals surface area contributed by atoms with Crippen LogP contribution >= 0.6 is 0 Å². The summed E-state index contributed by atoms with van der Waals surface area (Å²) in [6.45, 7) is 4.11. The number of rotatable bonds is 2. The van der Waals surface area contributed by atoms with Crippen molar-refractivity contribution < 1.29 is 4.79 Å². The molecule has 1 aromatic heterocycles. The van der Waals surface area contributed by atoms with E-state index in [1.54, 1.807) is 0 Å². The van der Waals surface area contributed by atoms with Gasteiger partial charge in [-0.3, -0.25) is 9.89 Å². The summed E-state index contributed by atoms with van der Waals surface area (Å²) in [5, 5.41) is 10.2. The Morgan fingerprint density at radius 1 is 1.14 bits per heavy atom. The highest BCUT2D eigenvalue weighted by Gasteiger charge is 2.20. The van der Waals surface area contributed by atoms with E-state index in [0.717, 1.165) is 36.2 Å². The molecule has 4 nitrogen and oxygen atoms in total. The van der Waals surface area contributed by atoms with Crippen LogP contribution in [0.4, 0.5) is 5.69 Å². The third-order valence-electron chi connectivity index (χ3n) is 4.29. The first-order valence-electron chi connectivity index (χ1n) is 7.60. The van der Waals surface area contributed by atoms with Crippen molar-refractivity contribution in [3.63, 3.8) is 0 Å². The van der Waals surface area contributed by atoms with Gasteiger partial charge in [0.15, 0.2) is 5.69 Å². The van der Waals surface area contributed by atoms with Crippen molar-refractivity contribution in [3.8, 4) is 0 Å². The maximum atomic E-state index is 12.5. The molecule has 2 N–H and O–H groups in total. The second-order valence-corrected chi connectivity index (χ2v) is 5.84. The van der Waals surface area contributed by atoms with E-state index in [-0.39, 0.29) is 5.91 Å². The Kier molecular flexibility index (Phi) is 3.78. The largest absolute Gasteiger partial charge is 0.321 e. The summed E-state index contributed by atoms with van der Waals surface area (Å²) in [6, 6.07) is 5.96. The molecule has 1 aromatic carbocycles. The zero-order valence-corrected chi connectivity index (χ0v) is 12.6. The summed E-state index contributed by atoms with van der Waals surface area (Å²) < 4.78 is 0. The summed E-state index contributed by atoms with van der Waals surface area (Å²) in [6.07, 6.45) is 5.48. The Balaban J connectivity index is 1.82. The zero-order valence-electron chi connectivity index (χ0n) is 12.6. The number of aromatic amines is 1. The van der Waals surface area contributed by atoms with E-state index in [9.17, 15) is 4.79 Å². The van der Waals surface area contributed by atoms with Crippen LogP contribution in [0, 0.1) is 13.8 Å². The summed E-state index contributed by atoms with van der Waals surface area (Å²) in [7, 11) is 0. The standard InChI is InChI=1S/C17H21N3O/c1-11-8-9-13(10-12(11)2)18-17(21)16-14-6-4-3-5-7-15(14)19-20-16/h8-10H,3-7H2,1-2H3,(H,18,21)(H,19,20). The highest BCUT2D eigenvalue weighted by atomic mass is 16.1. The Morgan fingerprint density at radius 2 is 1.95 bits per heavy atom. The first-order valence-corrected chi connectivity index (χ1v) is 7.60. The molecule has 0 bridgehead atoms. The van der Waals surface area contributed by atoms with Crippen LogP contribution in [0.2, 0.25) is 0 Å². The van der Waals surface area contributed by atoms with E-state index in [4.69, 9.17) is 0 Å². The molecule has 0 saturated carbocycles. The highest BCUT2D eigenvalue weighted by Crippen LogP contribution is 2.23. The third kappa shape index (κ3) is 2.84. The first kappa shape index (κ1) is 13.9. The number of fused-ring (bicyclic) bond motifs is 1. The van der Waals surface area contributed by atoms with E-state index >= 15 is 0 Å². The van der Waals surface area contributed by atoms with E-state index in [1.165, 1.54) is 24.0 Å². The molecule has 0 fully saturated rings. The van der Waals surface area contributed by atoms with Crippen molar-refractivity contribution in [1.29, 1.82) is 0 Å². The molecule has 1 aliphatic carbocycles. The summed E-state index contributed by atoms with van der Waals surface area (Å²) in [5.41, 5.74) is 6.03. The number of carbonyl (C=O) groups is 1. The van der Waals surface area contributed by atoms with E-state index < -0.39 is 0 Å². The zero-order chi connectivity index (χ0) is 14.8. The second-order valence-electron chi connectivity index (χ2n) is 5.84. The van der Waals surface area contributed by atoms with E-state index in [1.807, 2.05) is 25.1 Å². The van der Waals surface area contributed by atoms with Gasteiger partial charge in [0.2, 0.25) is 0 Å². The number of anilines is 1. The first-order chi connectivity index (χ1) is 10.1. The number of benzene rings is 1. The number of nitrogens with one attached hydrogen (secondary N) is 2. The molecule has 1 heterocycles. The Hall–Kier alpha value is -2.10. The van der Waals surface area contributed by atoms with Gasteiger partial charge in [-0.15, -0.1) is 0 Å². The van der Waals surface area contributed by atoms with Crippen LogP contribution in [0.5, 0.6) is 0 Å². The predicted octanol–water partition coefficient (Wildman–Crippen LogP) is 3.55. The number of H-pyrrole nitrogens is 1. The quantitative estimate of drug-likeness (QED) is 0.828. The van der Waals surface area contributed by atoms with Crippen molar-refractivity contribution >= 4 is 11.6 Å². The normalized spacial score (nSPS) is 14.4. The average molecular weight is 283 g/mol. The van der Waals surface area contributed by atoms with Gasteiger partial charge >= 0.3 is 0 Å². The number of hydrogen-bond acceptors (Lipinski definition) is 2. The van der Waals surface area contributed by atoms with Crippen LogP contribution in [0.25, 0.3) is 0 Å². The molecule has 1 amide bonds. The van der Waals surface area contributed by atoms with Gasteiger partial charge in [-0.05, 0) is 62.8 Å². The molecule has 2 aromatic rings. The fraction of sp³-hybridized carbons (Fsp3) is 0.412. The SMILES string of the molecule is Cc1ccc(NC(=O)c2n[nH]c3c2CCCCC3)cc1C. The van der Waals surface area contributed by atoms with Gasteiger partial charge < -0.3 is 5.32 Å². The van der Waals surface area contributed by atoms with Crippen molar-refractivity contribution in [3.05, 3.63) is 46.3 Å². The Morgan fingerprint density at radius 3 is 2.76 bits per heavy atom. The molecule has 3 rings (SSSR count). The minimum absolute atomic E-state index is 0.113. The predicted molar refractivity (Wildman–Crippen MR) is 83.7 cm³/mol. The van der Waals surface area contributed by atoms with Gasteiger partial charge in [-0.2, -0.15) is 5.10 Å². The molecule has 0 spiro atoms. The smallest absolute Gasteiger partial charge is 0.276 e. The van der Waals surface area contributed by atoms with Crippen LogP contribution < -0.4 is 5.32 Å². The molecule has 0 radical (unpaired) electrons. The molecule has 21 heavy (non-hydrogen) atoms. The van der Waals surface area contributed by atoms with Gasteiger partial charge in [0.1, 0.15) is 0 Å².